The third kappa shape index (κ3) is 6.71. The minimum atomic E-state index is -3.71. The molecule has 0 aliphatic carbocycles. The quantitative estimate of drug-likeness (QED) is 0.243. The number of carbonyl (C=O) groups is 1. The van der Waals surface area contributed by atoms with Gasteiger partial charge in [-0.2, -0.15) is 0 Å². The third-order valence-corrected chi connectivity index (χ3v) is 7.81. The lowest BCUT2D eigenvalue weighted by atomic mass is 9.95. The number of hydrogen-bond donors (Lipinski definition) is 4. The molecule has 2 unspecified atom stereocenters. The first-order valence-corrected chi connectivity index (χ1v) is 13.9. The number of aromatic nitrogens is 2. The molecule has 1 aromatic carbocycles. The van der Waals surface area contributed by atoms with E-state index in [4.69, 9.17) is 30.3 Å². The predicted octanol–water partition coefficient (Wildman–Crippen LogP) is 1.09. The smallest absolute Gasteiger partial charge is 0.330 e. The van der Waals surface area contributed by atoms with Crippen LogP contribution < -0.4 is 20.9 Å². The number of para-hydroxylation sites is 1. The number of aliphatic hydroxyl groups is 2. The van der Waals surface area contributed by atoms with Crippen LogP contribution in [-0.2, 0) is 30.6 Å². The second-order valence-corrected chi connectivity index (χ2v) is 12.0. The summed E-state index contributed by atoms with van der Waals surface area (Å²) in [6.07, 6.45) is -3.36. The number of nitrogens with zero attached hydrogens (tertiary/aromatic N) is 1. The predicted molar refractivity (Wildman–Crippen MR) is 133 cm³/mol. The Balaban J connectivity index is 1.86. The molecular weight excluding hydrogens is 532 g/mol. The molecule has 0 radical (unpaired) electrons. The summed E-state index contributed by atoms with van der Waals surface area (Å²) >= 11 is 5.52. The van der Waals surface area contributed by atoms with Crippen LogP contribution in [-0.4, -0.2) is 62.0 Å². The van der Waals surface area contributed by atoms with Crippen molar-refractivity contribution in [2.45, 2.75) is 63.6 Å². The number of benzene rings is 1. The van der Waals surface area contributed by atoms with Crippen LogP contribution in [0.5, 0.6) is 5.75 Å². The van der Waals surface area contributed by atoms with Gasteiger partial charge in [-0.3, -0.25) is 19.1 Å². The fourth-order valence-corrected chi connectivity index (χ4v) is 5.91. The molecule has 2 aromatic rings. The Labute approximate surface area is 216 Å². The summed E-state index contributed by atoms with van der Waals surface area (Å²) in [6, 6.07) is 8.14. The molecule has 0 amide bonds. The number of alkyl halides is 1. The van der Waals surface area contributed by atoms with Crippen LogP contribution in [0.1, 0.15) is 33.9 Å². The van der Waals surface area contributed by atoms with Crippen molar-refractivity contribution in [1.29, 1.82) is 0 Å². The van der Waals surface area contributed by atoms with E-state index in [1.54, 1.807) is 44.2 Å². The Morgan fingerprint density at radius 3 is 2.54 bits per heavy atom. The normalized spacial score (nSPS) is 28.0. The number of esters is 1. The summed E-state index contributed by atoms with van der Waals surface area (Å²) < 4.78 is 38.5. The van der Waals surface area contributed by atoms with Gasteiger partial charge in [0.25, 0.3) is 11.4 Å². The van der Waals surface area contributed by atoms with Crippen molar-refractivity contribution in [2.75, 3.05) is 6.61 Å². The minimum Gasteiger partial charge on any atom is -0.462 e. The van der Waals surface area contributed by atoms with Crippen LogP contribution >= 0.6 is 6.64 Å². The third-order valence-electron chi connectivity index (χ3n) is 5.33. The minimum absolute atomic E-state index is 0.258. The van der Waals surface area contributed by atoms with Crippen molar-refractivity contribution in [1.82, 2.24) is 14.6 Å². The fraction of sp³-hybridized carbons (Fsp3) is 0.500. The standard InChI is InChI=1S/C22H29FN3O9PS/c1-13(2)33-17(28)14(3)25-36(37,35-15-8-6-5-7-9-15)32-12-22(23)18(29)21(4,31)19(34-22)26-11-10-16(27)24-20(26)30/h5-11,13-14,18-19,29,31H,12H2,1-4H3,(H,25,37)(H,24,27,30)/t14?,18-,19+,21+,22+,36?/m0/s1. The number of halogens is 1. The van der Waals surface area contributed by atoms with Gasteiger partial charge in [0.2, 0.25) is 0 Å². The lowest BCUT2D eigenvalue weighted by Gasteiger charge is -2.30. The van der Waals surface area contributed by atoms with E-state index in [2.05, 4.69) is 5.09 Å². The first kappa shape index (κ1) is 29.1. The van der Waals surface area contributed by atoms with Crippen LogP contribution in [0.15, 0.2) is 52.2 Å². The van der Waals surface area contributed by atoms with E-state index in [1.165, 1.54) is 6.92 Å². The molecule has 0 bridgehead atoms. The fourth-order valence-electron chi connectivity index (χ4n) is 3.51. The van der Waals surface area contributed by atoms with E-state index >= 15 is 4.39 Å². The number of nitrogens with one attached hydrogen (secondary N) is 2. The molecule has 1 fully saturated rings. The van der Waals surface area contributed by atoms with Crippen LogP contribution in [0.4, 0.5) is 4.39 Å². The maximum absolute atomic E-state index is 15.9. The van der Waals surface area contributed by atoms with Gasteiger partial charge in [0, 0.05) is 12.3 Å². The number of aliphatic hydroxyl groups excluding tert-OH is 1. The zero-order valence-corrected chi connectivity index (χ0v) is 22.2. The molecule has 2 heterocycles. The van der Waals surface area contributed by atoms with Gasteiger partial charge in [-0.15, -0.1) is 0 Å². The SMILES string of the molecule is CC(C)OC(=O)C(C)NP(=S)(OC[C@@]1(F)O[C@@H](n2ccc(=O)[nH]c2=O)[C@](C)(O)[C@@H]1O)Oc1ccccc1. The maximum atomic E-state index is 15.9. The van der Waals surface area contributed by atoms with Crippen molar-refractivity contribution < 1.29 is 37.9 Å². The molecule has 1 aliphatic rings. The highest BCUT2D eigenvalue weighted by atomic mass is 32.5. The number of ether oxygens (including phenoxy) is 2. The van der Waals surface area contributed by atoms with E-state index in [9.17, 15) is 24.6 Å². The average molecular weight is 562 g/mol. The number of rotatable bonds is 10. The zero-order valence-electron chi connectivity index (χ0n) is 20.5. The highest BCUT2D eigenvalue weighted by molar-refractivity contribution is 8.09. The summed E-state index contributed by atoms with van der Waals surface area (Å²) in [7, 11) is 0. The number of aromatic amines is 1. The largest absolute Gasteiger partial charge is 0.462 e. The first-order chi connectivity index (χ1) is 17.2. The molecule has 1 aliphatic heterocycles. The van der Waals surface area contributed by atoms with Crippen molar-refractivity contribution in [2.24, 2.45) is 0 Å². The highest BCUT2D eigenvalue weighted by Crippen LogP contribution is 2.50. The topological polar surface area (TPSA) is 161 Å². The Morgan fingerprint density at radius 2 is 1.95 bits per heavy atom. The van der Waals surface area contributed by atoms with Gasteiger partial charge < -0.3 is 28.7 Å². The van der Waals surface area contributed by atoms with Crippen molar-refractivity contribution in [3.8, 4) is 5.75 Å². The molecule has 4 N–H and O–H groups in total. The molecule has 1 aromatic heterocycles. The second-order valence-electron chi connectivity index (χ2n) is 8.91. The molecule has 0 spiro atoms. The van der Waals surface area contributed by atoms with Crippen molar-refractivity contribution in [3.63, 3.8) is 0 Å². The summed E-state index contributed by atoms with van der Waals surface area (Å²) in [4.78, 5) is 37.9. The Morgan fingerprint density at radius 1 is 1.30 bits per heavy atom. The van der Waals surface area contributed by atoms with Crippen molar-refractivity contribution >= 4 is 24.4 Å². The maximum Gasteiger partial charge on any atom is 0.330 e. The van der Waals surface area contributed by atoms with E-state index < -0.39 is 66.4 Å². The lowest BCUT2D eigenvalue weighted by molar-refractivity contribution is -0.203. The van der Waals surface area contributed by atoms with Crippen LogP contribution in [0.2, 0.25) is 0 Å². The number of H-pyrrole nitrogens is 1. The molecule has 6 atom stereocenters. The van der Waals surface area contributed by atoms with E-state index in [0.29, 0.717) is 0 Å². The lowest BCUT2D eigenvalue weighted by Crippen LogP contribution is -2.50. The number of carbonyl (C=O) groups excluding carboxylic acids is 1. The Hall–Kier alpha value is -2.45. The Bertz CT molecular complexity index is 1270. The highest BCUT2D eigenvalue weighted by Gasteiger charge is 2.63. The molecule has 37 heavy (non-hydrogen) atoms. The summed E-state index contributed by atoms with van der Waals surface area (Å²) in [5.41, 5.74) is -4.04. The van der Waals surface area contributed by atoms with Gasteiger partial charge in [0.1, 0.15) is 30.1 Å². The molecule has 15 heteroatoms. The summed E-state index contributed by atoms with van der Waals surface area (Å²) in [5, 5.41) is 24.2. The van der Waals surface area contributed by atoms with Gasteiger partial charge in [-0.1, -0.05) is 18.2 Å². The van der Waals surface area contributed by atoms with Gasteiger partial charge in [0.15, 0.2) is 6.23 Å². The van der Waals surface area contributed by atoms with Gasteiger partial charge >= 0.3 is 18.3 Å². The molecular formula is C22H29FN3O9PS. The van der Waals surface area contributed by atoms with Crippen LogP contribution in [0.3, 0.4) is 0 Å². The number of hydrogen-bond acceptors (Lipinski definition) is 10. The first-order valence-electron chi connectivity index (χ1n) is 11.2. The zero-order chi connectivity index (χ0) is 27.6. The van der Waals surface area contributed by atoms with Crippen LogP contribution in [0, 0.1) is 0 Å². The molecule has 12 nitrogen and oxygen atoms in total. The van der Waals surface area contributed by atoms with Gasteiger partial charge in [-0.25, -0.2) is 14.3 Å². The molecule has 1 saturated heterocycles. The molecule has 204 valence electrons. The van der Waals surface area contributed by atoms with Crippen molar-refractivity contribution in [3.05, 3.63) is 63.4 Å². The summed E-state index contributed by atoms with van der Waals surface area (Å²) in [6.45, 7) is 1.08. The second kappa shape index (κ2) is 11.1. The van der Waals surface area contributed by atoms with Crippen LogP contribution in [0.25, 0.3) is 0 Å². The van der Waals surface area contributed by atoms with Gasteiger partial charge in [-0.05, 0) is 51.6 Å². The van der Waals surface area contributed by atoms with Gasteiger partial charge in [0.05, 0.1) is 6.10 Å². The average Bonchev–Trinajstić information content (AvgIpc) is 2.98. The summed E-state index contributed by atoms with van der Waals surface area (Å²) in [5.74, 6) is -3.47. The van der Waals surface area contributed by atoms with E-state index in [-0.39, 0.29) is 5.75 Å². The molecule has 0 saturated carbocycles. The van der Waals surface area contributed by atoms with E-state index in [0.717, 1.165) is 23.8 Å². The monoisotopic (exact) mass is 561 g/mol. The Kier molecular flexibility index (Phi) is 8.75. The van der Waals surface area contributed by atoms with E-state index in [1.807, 2.05) is 4.98 Å². The molecule has 3 rings (SSSR count).